The first-order valence-electron chi connectivity index (χ1n) is 8.46. The topological polar surface area (TPSA) is 67.2 Å². The molecule has 1 aliphatic heterocycles. The third-order valence-electron chi connectivity index (χ3n) is 4.48. The number of carbonyl (C=O) groups excluding carboxylic acids is 1. The van der Waals surface area contributed by atoms with Crippen molar-refractivity contribution in [2.45, 2.75) is 6.42 Å². The standard InChI is InChI=1S/C18H20N6O/c1-22-10-7-16(21-22)18(25)24-9-4-8-23(11-12-24)17-13-19-14-5-2-3-6-15(14)20-17/h2-3,5-7,10,13H,4,8-9,11-12H2,1H3. The van der Waals surface area contributed by atoms with Gasteiger partial charge in [0, 0.05) is 39.4 Å². The number of anilines is 1. The summed E-state index contributed by atoms with van der Waals surface area (Å²) in [5, 5.41) is 4.22. The first-order chi connectivity index (χ1) is 12.2. The molecule has 1 saturated heterocycles. The second kappa shape index (κ2) is 6.51. The van der Waals surface area contributed by atoms with Crippen molar-refractivity contribution in [1.82, 2.24) is 24.6 Å². The van der Waals surface area contributed by atoms with Crippen LogP contribution in [0.4, 0.5) is 5.82 Å². The minimum atomic E-state index is -0.00737. The van der Waals surface area contributed by atoms with E-state index in [-0.39, 0.29) is 5.91 Å². The highest BCUT2D eigenvalue weighted by atomic mass is 16.2. The molecular weight excluding hydrogens is 316 g/mol. The molecule has 0 aliphatic carbocycles. The zero-order chi connectivity index (χ0) is 17.2. The molecule has 128 valence electrons. The number of fused-ring (bicyclic) bond motifs is 1. The molecule has 3 heterocycles. The predicted octanol–water partition coefficient (Wildman–Crippen LogP) is 1.72. The second-order valence-corrected chi connectivity index (χ2v) is 6.22. The van der Waals surface area contributed by atoms with Crippen LogP contribution in [0.15, 0.2) is 42.7 Å². The van der Waals surface area contributed by atoms with Crippen molar-refractivity contribution in [3.05, 3.63) is 48.4 Å². The van der Waals surface area contributed by atoms with Gasteiger partial charge in [0.05, 0.1) is 17.2 Å². The van der Waals surface area contributed by atoms with Gasteiger partial charge >= 0.3 is 0 Å². The molecule has 7 heteroatoms. The zero-order valence-corrected chi connectivity index (χ0v) is 14.2. The van der Waals surface area contributed by atoms with E-state index in [4.69, 9.17) is 4.98 Å². The fourth-order valence-electron chi connectivity index (χ4n) is 3.14. The van der Waals surface area contributed by atoms with E-state index in [1.807, 2.05) is 42.4 Å². The van der Waals surface area contributed by atoms with Crippen molar-refractivity contribution < 1.29 is 4.79 Å². The minimum Gasteiger partial charge on any atom is -0.353 e. The van der Waals surface area contributed by atoms with Gasteiger partial charge in [0.2, 0.25) is 0 Å². The van der Waals surface area contributed by atoms with E-state index in [1.54, 1.807) is 16.9 Å². The van der Waals surface area contributed by atoms with Crippen LogP contribution in [-0.2, 0) is 7.05 Å². The van der Waals surface area contributed by atoms with Crippen molar-refractivity contribution in [2.24, 2.45) is 7.05 Å². The summed E-state index contributed by atoms with van der Waals surface area (Å²) in [7, 11) is 1.82. The molecule has 7 nitrogen and oxygen atoms in total. The van der Waals surface area contributed by atoms with Crippen molar-refractivity contribution in [3.8, 4) is 0 Å². The summed E-state index contributed by atoms with van der Waals surface area (Å²) in [6.45, 7) is 2.99. The number of para-hydroxylation sites is 2. The SMILES string of the molecule is Cn1ccc(C(=O)N2CCCN(c3cnc4ccccc4n3)CC2)n1. The largest absolute Gasteiger partial charge is 0.353 e. The molecule has 0 unspecified atom stereocenters. The van der Waals surface area contributed by atoms with E-state index in [1.165, 1.54) is 0 Å². The summed E-state index contributed by atoms with van der Waals surface area (Å²) < 4.78 is 1.65. The lowest BCUT2D eigenvalue weighted by atomic mass is 10.3. The molecule has 3 aromatic rings. The Morgan fingerprint density at radius 3 is 2.68 bits per heavy atom. The smallest absolute Gasteiger partial charge is 0.274 e. The monoisotopic (exact) mass is 336 g/mol. The highest BCUT2D eigenvalue weighted by Crippen LogP contribution is 2.17. The summed E-state index contributed by atoms with van der Waals surface area (Å²) in [4.78, 5) is 25.9. The summed E-state index contributed by atoms with van der Waals surface area (Å²) in [5.74, 6) is 0.859. The summed E-state index contributed by atoms with van der Waals surface area (Å²) >= 11 is 0. The zero-order valence-electron chi connectivity index (χ0n) is 14.2. The van der Waals surface area contributed by atoms with Gasteiger partial charge in [0.1, 0.15) is 11.5 Å². The Kier molecular flexibility index (Phi) is 4.05. The van der Waals surface area contributed by atoms with E-state index in [0.29, 0.717) is 12.2 Å². The summed E-state index contributed by atoms with van der Waals surface area (Å²) in [6.07, 6.45) is 4.51. The Balaban J connectivity index is 1.49. The quantitative estimate of drug-likeness (QED) is 0.713. The molecule has 0 bridgehead atoms. The Morgan fingerprint density at radius 2 is 1.88 bits per heavy atom. The number of benzene rings is 1. The normalized spacial score (nSPS) is 15.4. The molecule has 1 fully saturated rings. The van der Waals surface area contributed by atoms with Gasteiger partial charge in [-0.2, -0.15) is 5.10 Å². The van der Waals surface area contributed by atoms with Gasteiger partial charge < -0.3 is 9.80 Å². The van der Waals surface area contributed by atoms with Crippen LogP contribution in [0.25, 0.3) is 11.0 Å². The number of rotatable bonds is 2. The highest BCUT2D eigenvalue weighted by Gasteiger charge is 2.22. The number of aromatic nitrogens is 4. The number of hydrogen-bond donors (Lipinski definition) is 0. The summed E-state index contributed by atoms with van der Waals surface area (Å²) in [5.41, 5.74) is 2.29. The molecule has 1 aliphatic rings. The van der Waals surface area contributed by atoms with Crippen LogP contribution in [0.1, 0.15) is 16.9 Å². The average molecular weight is 336 g/mol. The van der Waals surface area contributed by atoms with Gasteiger partial charge in [-0.3, -0.25) is 14.5 Å². The second-order valence-electron chi connectivity index (χ2n) is 6.22. The van der Waals surface area contributed by atoms with E-state index >= 15 is 0 Å². The molecular formula is C18H20N6O. The lowest BCUT2D eigenvalue weighted by Gasteiger charge is -2.22. The van der Waals surface area contributed by atoms with Crippen LogP contribution in [0.2, 0.25) is 0 Å². The van der Waals surface area contributed by atoms with Crippen LogP contribution in [0.5, 0.6) is 0 Å². The van der Waals surface area contributed by atoms with Crippen LogP contribution < -0.4 is 4.90 Å². The molecule has 25 heavy (non-hydrogen) atoms. The van der Waals surface area contributed by atoms with Gasteiger partial charge in [-0.15, -0.1) is 0 Å². The first-order valence-corrected chi connectivity index (χ1v) is 8.46. The highest BCUT2D eigenvalue weighted by molar-refractivity contribution is 5.92. The van der Waals surface area contributed by atoms with Gasteiger partial charge in [-0.1, -0.05) is 12.1 Å². The molecule has 1 aromatic carbocycles. The molecule has 4 rings (SSSR count). The predicted molar refractivity (Wildman–Crippen MR) is 95.5 cm³/mol. The molecule has 0 atom stereocenters. The Hall–Kier alpha value is -2.96. The van der Waals surface area contributed by atoms with E-state index in [0.717, 1.165) is 42.9 Å². The van der Waals surface area contributed by atoms with Gasteiger partial charge in [0.15, 0.2) is 0 Å². The van der Waals surface area contributed by atoms with Gasteiger partial charge in [-0.05, 0) is 24.6 Å². The van der Waals surface area contributed by atoms with Gasteiger partial charge in [0.25, 0.3) is 5.91 Å². The molecule has 0 saturated carbocycles. The maximum Gasteiger partial charge on any atom is 0.274 e. The van der Waals surface area contributed by atoms with Gasteiger partial charge in [-0.25, -0.2) is 4.98 Å². The van der Waals surface area contributed by atoms with Crippen LogP contribution in [0.3, 0.4) is 0 Å². The van der Waals surface area contributed by atoms with E-state index in [2.05, 4.69) is 15.0 Å². The molecule has 0 N–H and O–H groups in total. The molecule has 0 radical (unpaired) electrons. The van der Waals surface area contributed by atoms with E-state index < -0.39 is 0 Å². The Bertz CT molecular complexity index is 905. The van der Waals surface area contributed by atoms with Crippen LogP contribution >= 0.6 is 0 Å². The average Bonchev–Trinajstić information content (AvgIpc) is 2.93. The van der Waals surface area contributed by atoms with Crippen LogP contribution in [-0.4, -0.2) is 56.7 Å². The number of hydrogen-bond acceptors (Lipinski definition) is 5. The Labute approximate surface area is 145 Å². The number of nitrogens with zero attached hydrogens (tertiary/aromatic N) is 6. The molecule has 1 amide bonds. The first kappa shape index (κ1) is 15.6. The minimum absolute atomic E-state index is 0.00737. The lowest BCUT2D eigenvalue weighted by Crippen LogP contribution is -2.35. The Morgan fingerprint density at radius 1 is 1.04 bits per heavy atom. The van der Waals surface area contributed by atoms with Crippen molar-refractivity contribution in [3.63, 3.8) is 0 Å². The number of aryl methyl sites for hydroxylation is 1. The van der Waals surface area contributed by atoms with Crippen molar-refractivity contribution in [2.75, 3.05) is 31.1 Å². The summed E-state index contributed by atoms with van der Waals surface area (Å²) in [6, 6.07) is 9.63. The van der Waals surface area contributed by atoms with Crippen molar-refractivity contribution >= 4 is 22.8 Å². The maximum absolute atomic E-state index is 12.6. The fraction of sp³-hybridized carbons (Fsp3) is 0.333. The third-order valence-corrected chi connectivity index (χ3v) is 4.48. The number of amides is 1. The number of carbonyl (C=O) groups is 1. The third kappa shape index (κ3) is 3.17. The maximum atomic E-state index is 12.6. The molecule has 0 spiro atoms. The fourth-order valence-corrected chi connectivity index (χ4v) is 3.14. The molecule has 2 aromatic heterocycles. The van der Waals surface area contributed by atoms with E-state index in [9.17, 15) is 4.79 Å². The lowest BCUT2D eigenvalue weighted by molar-refractivity contribution is 0.0760. The van der Waals surface area contributed by atoms with Crippen molar-refractivity contribution in [1.29, 1.82) is 0 Å². The van der Waals surface area contributed by atoms with Crippen LogP contribution in [0, 0.1) is 0 Å².